The highest BCUT2D eigenvalue weighted by molar-refractivity contribution is 5.85. The Morgan fingerprint density at radius 1 is 1.00 bits per heavy atom. The van der Waals surface area contributed by atoms with Crippen LogP contribution in [0.15, 0.2) is 0 Å². The molecule has 0 bridgehead atoms. The standard InChI is InChI=1S/C10H24N2.ClH/c1-9(2,10(3,4)12)7-5-6-8-11;/h5-8,11-12H2,1-4H3;1H. The van der Waals surface area contributed by atoms with Crippen molar-refractivity contribution in [3.05, 3.63) is 0 Å². The molecule has 0 atom stereocenters. The maximum atomic E-state index is 6.06. The second-order valence-electron chi connectivity index (χ2n) is 4.85. The maximum Gasteiger partial charge on any atom is 0.0148 e. The third kappa shape index (κ3) is 5.50. The van der Waals surface area contributed by atoms with Crippen LogP contribution in [-0.4, -0.2) is 12.1 Å². The van der Waals surface area contributed by atoms with E-state index in [1.165, 1.54) is 6.42 Å². The molecular formula is C10H25ClN2. The molecule has 0 aromatic carbocycles. The first-order chi connectivity index (χ1) is 5.31. The maximum absolute atomic E-state index is 6.06. The van der Waals surface area contributed by atoms with Gasteiger partial charge in [0.25, 0.3) is 0 Å². The zero-order valence-corrected chi connectivity index (χ0v) is 10.2. The van der Waals surface area contributed by atoms with Gasteiger partial charge in [-0.3, -0.25) is 0 Å². The molecule has 0 aliphatic rings. The molecule has 0 radical (unpaired) electrons. The highest BCUT2D eigenvalue weighted by atomic mass is 35.5. The van der Waals surface area contributed by atoms with Crippen LogP contribution in [0.3, 0.4) is 0 Å². The molecule has 0 amide bonds. The van der Waals surface area contributed by atoms with Gasteiger partial charge >= 0.3 is 0 Å². The Hall–Kier alpha value is 0.210. The summed E-state index contributed by atoms with van der Waals surface area (Å²) in [5.74, 6) is 0. The molecule has 2 nitrogen and oxygen atoms in total. The minimum Gasteiger partial charge on any atom is -0.330 e. The third-order valence-electron chi connectivity index (χ3n) is 3.00. The molecule has 0 rings (SSSR count). The zero-order chi connectivity index (χ0) is 9.83. The van der Waals surface area contributed by atoms with E-state index in [0.717, 1.165) is 19.4 Å². The van der Waals surface area contributed by atoms with Gasteiger partial charge in [-0.15, -0.1) is 12.4 Å². The lowest BCUT2D eigenvalue weighted by molar-refractivity contribution is 0.181. The van der Waals surface area contributed by atoms with Crippen LogP contribution in [0.4, 0.5) is 0 Å². The summed E-state index contributed by atoms with van der Waals surface area (Å²) >= 11 is 0. The van der Waals surface area contributed by atoms with Crippen molar-refractivity contribution in [3.8, 4) is 0 Å². The summed E-state index contributed by atoms with van der Waals surface area (Å²) in [6, 6.07) is 0. The summed E-state index contributed by atoms with van der Waals surface area (Å²) in [5.41, 5.74) is 11.6. The molecule has 0 unspecified atom stereocenters. The topological polar surface area (TPSA) is 52.0 Å². The Kier molecular flexibility index (Phi) is 7.04. The summed E-state index contributed by atoms with van der Waals surface area (Å²) in [6.07, 6.45) is 3.46. The average molecular weight is 209 g/mol. The van der Waals surface area contributed by atoms with Crippen molar-refractivity contribution in [1.82, 2.24) is 0 Å². The zero-order valence-electron chi connectivity index (χ0n) is 9.39. The lowest BCUT2D eigenvalue weighted by Gasteiger charge is -2.38. The van der Waals surface area contributed by atoms with Gasteiger partial charge < -0.3 is 11.5 Å². The molecule has 0 saturated carbocycles. The van der Waals surface area contributed by atoms with E-state index in [1.807, 2.05) is 0 Å². The van der Waals surface area contributed by atoms with E-state index in [4.69, 9.17) is 11.5 Å². The van der Waals surface area contributed by atoms with E-state index in [9.17, 15) is 0 Å². The van der Waals surface area contributed by atoms with Gasteiger partial charge in [0.05, 0.1) is 0 Å². The Bertz CT molecular complexity index is 127. The van der Waals surface area contributed by atoms with Crippen molar-refractivity contribution < 1.29 is 0 Å². The smallest absolute Gasteiger partial charge is 0.0148 e. The fourth-order valence-electron chi connectivity index (χ4n) is 1.03. The van der Waals surface area contributed by atoms with Gasteiger partial charge in [0.2, 0.25) is 0 Å². The van der Waals surface area contributed by atoms with E-state index >= 15 is 0 Å². The molecule has 82 valence electrons. The monoisotopic (exact) mass is 208 g/mol. The van der Waals surface area contributed by atoms with Gasteiger partial charge in [0.1, 0.15) is 0 Å². The average Bonchev–Trinajstić information content (AvgIpc) is 1.85. The largest absolute Gasteiger partial charge is 0.330 e. The van der Waals surface area contributed by atoms with Crippen LogP contribution in [0.25, 0.3) is 0 Å². The van der Waals surface area contributed by atoms with Crippen molar-refractivity contribution in [1.29, 1.82) is 0 Å². The number of rotatable bonds is 5. The lowest BCUT2D eigenvalue weighted by Crippen LogP contribution is -2.47. The van der Waals surface area contributed by atoms with E-state index in [-0.39, 0.29) is 23.4 Å². The van der Waals surface area contributed by atoms with Crippen LogP contribution in [-0.2, 0) is 0 Å². The summed E-state index contributed by atoms with van der Waals surface area (Å²) in [6.45, 7) is 9.43. The van der Waals surface area contributed by atoms with Crippen molar-refractivity contribution >= 4 is 12.4 Å². The SMILES string of the molecule is CC(C)(N)C(C)(C)CCCCN.Cl. The number of hydrogen-bond acceptors (Lipinski definition) is 2. The molecule has 0 aliphatic heterocycles. The highest BCUT2D eigenvalue weighted by Crippen LogP contribution is 2.33. The van der Waals surface area contributed by atoms with Crippen molar-refractivity contribution in [2.45, 2.75) is 52.5 Å². The van der Waals surface area contributed by atoms with Gasteiger partial charge in [0.15, 0.2) is 0 Å². The van der Waals surface area contributed by atoms with Crippen LogP contribution >= 0.6 is 12.4 Å². The Morgan fingerprint density at radius 2 is 1.46 bits per heavy atom. The summed E-state index contributed by atoms with van der Waals surface area (Å²) in [4.78, 5) is 0. The predicted molar refractivity (Wildman–Crippen MR) is 62.2 cm³/mol. The quantitative estimate of drug-likeness (QED) is 0.682. The first-order valence-electron chi connectivity index (χ1n) is 4.80. The van der Waals surface area contributed by atoms with Crippen molar-refractivity contribution in [3.63, 3.8) is 0 Å². The Balaban J connectivity index is 0. The highest BCUT2D eigenvalue weighted by Gasteiger charge is 2.32. The fourth-order valence-corrected chi connectivity index (χ4v) is 1.03. The number of nitrogens with two attached hydrogens (primary N) is 2. The molecule has 0 aromatic heterocycles. The van der Waals surface area contributed by atoms with Crippen LogP contribution in [0.1, 0.15) is 47.0 Å². The van der Waals surface area contributed by atoms with Crippen LogP contribution in [0.2, 0.25) is 0 Å². The molecule has 0 saturated heterocycles. The Morgan fingerprint density at radius 3 is 1.77 bits per heavy atom. The molecule has 13 heavy (non-hydrogen) atoms. The molecular weight excluding hydrogens is 184 g/mol. The van der Waals surface area contributed by atoms with E-state index in [1.54, 1.807) is 0 Å². The first kappa shape index (κ1) is 15.7. The van der Waals surface area contributed by atoms with Crippen molar-refractivity contribution in [2.75, 3.05) is 6.54 Å². The van der Waals surface area contributed by atoms with Gasteiger partial charge in [-0.2, -0.15) is 0 Å². The van der Waals surface area contributed by atoms with Crippen LogP contribution in [0.5, 0.6) is 0 Å². The third-order valence-corrected chi connectivity index (χ3v) is 3.00. The summed E-state index contributed by atoms with van der Waals surface area (Å²) in [5, 5.41) is 0. The fraction of sp³-hybridized carbons (Fsp3) is 1.00. The molecule has 0 spiro atoms. The summed E-state index contributed by atoms with van der Waals surface area (Å²) in [7, 11) is 0. The van der Waals surface area contributed by atoms with Gasteiger partial charge in [-0.05, 0) is 38.6 Å². The van der Waals surface area contributed by atoms with Gasteiger partial charge in [-0.1, -0.05) is 20.3 Å². The van der Waals surface area contributed by atoms with Crippen LogP contribution in [0, 0.1) is 5.41 Å². The molecule has 0 fully saturated rings. The molecule has 0 aliphatic carbocycles. The molecule has 0 aromatic rings. The second kappa shape index (κ2) is 5.84. The number of hydrogen-bond donors (Lipinski definition) is 2. The van der Waals surface area contributed by atoms with Gasteiger partial charge in [-0.25, -0.2) is 0 Å². The van der Waals surface area contributed by atoms with Gasteiger partial charge in [0, 0.05) is 5.54 Å². The molecule has 3 heteroatoms. The second-order valence-corrected chi connectivity index (χ2v) is 4.85. The predicted octanol–water partition coefficient (Wildman–Crippen LogP) is 2.30. The summed E-state index contributed by atoms with van der Waals surface area (Å²) < 4.78 is 0. The number of halogens is 1. The minimum absolute atomic E-state index is 0. The molecule has 4 N–H and O–H groups in total. The number of unbranched alkanes of at least 4 members (excludes halogenated alkanes) is 1. The van der Waals surface area contributed by atoms with Crippen LogP contribution < -0.4 is 11.5 Å². The van der Waals surface area contributed by atoms with E-state index in [0.29, 0.717) is 0 Å². The Labute approximate surface area is 88.9 Å². The van der Waals surface area contributed by atoms with Crippen molar-refractivity contribution in [2.24, 2.45) is 16.9 Å². The normalized spacial score (nSPS) is 12.5. The lowest BCUT2D eigenvalue weighted by atomic mass is 9.72. The van der Waals surface area contributed by atoms with E-state index < -0.39 is 0 Å². The minimum atomic E-state index is -0.0956. The van der Waals surface area contributed by atoms with E-state index in [2.05, 4.69) is 27.7 Å². The first-order valence-corrected chi connectivity index (χ1v) is 4.80. The molecule has 0 heterocycles.